The summed E-state index contributed by atoms with van der Waals surface area (Å²) in [5.74, 6) is 0.985. The van der Waals surface area contributed by atoms with Gasteiger partial charge in [-0.15, -0.1) is 0 Å². The number of nitrogens with one attached hydrogen (secondary N) is 1. The van der Waals surface area contributed by atoms with Crippen LogP contribution in [0.3, 0.4) is 0 Å². The van der Waals surface area contributed by atoms with E-state index < -0.39 is 0 Å². The van der Waals surface area contributed by atoms with E-state index in [2.05, 4.69) is 51.8 Å². The molecule has 0 aliphatic carbocycles. The molecule has 3 rings (SSSR count). The molecule has 24 heavy (non-hydrogen) atoms. The van der Waals surface area contributed by atoms with Gasteiger partial charge in [0.1, 0.15) is 5.82 Å². The Morgan fingerprint density at radius 2 is 1.92 bits per heavy atom. The van der Waals surface area contributed by atoms with Crippen molar-refractivity contribution in [2.24, 2.45) is 0 Å². The first-order valence-electron chi connectivity index (χ1n) is 8.21. The van der Waals surface area contributed by atoms with Crippen molar-refractivity contribution < 1.29 is 0 Å². The van der Waals surface area contributed by atoms with Gasteiger partial charge < -0.3 is 4.90 Å². The fraction of sp³-hybridized carbons (Fsp3) is 0.444. The van der Waals surface area contributed by atoms with Crippen LogP contribution in [0, 0.1) is 13.8 Å². The van der Waals surface area contributed by atoms with Crippen molar-refractivity contribution >= 4 is 29.4 Å². The summed E-state index contributed by atoms with van der Waals surface area (Å²) in [4.78, 5) is 11.5. The second-order valence-corrected chi connectivity index (χ2v) is 7.33. The van der Waals surface area contributed by atoms with Crippen LogP contribution in [0.4, 0.5) is 5.82 Å². The first-order chi connectivity index (χ1) is 11.6. The van der Waals surface area contributed by atoms with E-state index in [0.717, 1.165) is 54.1 Å². The maximum atomic E-state index is 6.41. The molecular formula is C18H23ClN4S. The van der Waals surface area contributed by atoms with E-state index in [1.54, 1.807) is 18.1 Å². The van der Waals surface area contributed by atoms with Gasteiger partial charge in [0.25, 0.3) is 0 Å². The summed E-state index contributed by atoms with van der Waals surface area (Å²) in [7, 11) is 0. The highest BCUT2D eigenvalue weighted by Crippen LogP contribution is 2.32. The van der Waals surface area contributed by atoms with E-state index in [1.165, 1.54) is 0 Å². The molecule has 0 saturated carbocycles. The molecular weight excluding hydrogens is 340 g/mol. The maximum absolute atomic E-state index is 6.41. The summed E-state index contributed by atoms with van der Waals surface area (Å²) >= 11 is 8.11. The largest absolute Gasteiger partial charge is 0.356 e. The Morgan fingerprint density at radius 3 is 2.58 bits per heavy atom. The Balaban J connectivity index is 1.84. The lowest BCUT2D eigenvalue weighted by Crippen LogP contribution is -2.40. The smallest absolute Gasteiger partial charge is 0.129 e. The van der Waals surface area contributed by atoms with E-state index in [1.807, 2.05) is 6.20 Å². The molecule has 6 heteroatoms. The predicted octanol–water partition coefficient (Wildman–Crippen LogP) is 4.25. The first kappa shape index (κ1) is 17.5. The second kappa shape index (κ2) is 7.72. The van der Waals surface area contributed by atoms with Crippen molar-refractivity contribution in [1.29, 1.82) is 0 Å². The number of rotatable bonds is 4. The standard InChI is InChI=1S/C18H23ClN4S/c1-12-8-13(2)18(21-10-12)15-9-17(20-11-16(15)19)23-6-4-14(5-7-23)22-24-3/h8-11,14,22H,4-7H2,1-3H3. The SMILES string of the molecule is CSNC1CCN(c2cc(-c3ncc(C)cc3C)c(Cl)cn2)CC1. The number of nitrogens with zero attached hydrogens (tertiary/aromatic N) is 3. The molecule has 0 aromatic carbocycles. The number of aromatic nitrogens is 2. The molecule has 2 aromatic rings. The third-order valence-corrected chi connectivity index (χ3v) is 5.28. The Kier molecular flexibility index (Phi) is 5.64. The Bertz CT molecular complexity index is 714. The van der Waals surface area contributed by atoms with Crippen molar-refractivity contribution in [3.05, 3.63) is 40.7 Å². The molecule has 1 N–H and O–H groups in total. The summed E-state index contributed by atoms with van der Waals surface area (Å²) in [5.41, 5.74) is 4.19. The van der Waals surface area contributed by atoms with Crippen LogP contribution in [0.5, 0.6) is 0 Å². The van der Waals surface area contributed by atoms with Crippen molar-refractivity contribution in [3.8, 4) is 11.3 Å². The van der Waals surface area contributed by atoms with Gasteiger partial charge >= 0.3 is 0 Å². The van der Waals surface area contributed by atoms with Gasteiger partial charge in [-0.1, -0.05) is 29.6 Å². The fourth-order valence-corrected chi connectivity index (χ4v) is 3.93. The number of hydrogen-bond donors (Lipinski definition) is 1. The van der Waals surface area contributed by atoms with Crippen molar-refractivity contribution in [2.75, 3.05) is 24.2 Å². The van der Waals surface area contributed by atoms with Gasteiger partial charge in [0, 0.05) is 37.1 Å². The third kappa shape index (κ3) is 3.85. The molecule has 3 heterocycles. The molecule has 0 amide bonds. The summed E-state index contributed by atoms with van der Waals surface area (Å²) in [6.45, 7) is 6.14. The zero-order valence-corrected chi connectivity index (χ0v) is 15.9. The number of piperidine rings is 1. The van der Waals surface area contributed by atoms with Crippen LogP contribution in [-0.2, 0) is 0 Å². The van der Waals surface area contributed by atoms with E-state index in [-0.39, 0.29) is 0 Å². The molecule has 1 fully saturated rings. The highest BCUT2D eigenvalue weighted by atomic mass is 35.5. The Morgan fingerprint density at radius 1 is 1.17 bits per heavy atom. The van der Waals surface area contributed by atoms with Crippen LogP contribution in [0.1, 0.15) is 24.0 Å². The minimum absolute atomic E-state index is 0.587. The molecule has 128 valence electrons. The van der Waals surface area contributed by atoms with Gasteiger partial charge in [-0.25, -0.2) is 4.98 Å². The number of pyridine rings is 2. The summed E-state index contributed by atoms with van der Waals surface area (Å²) in [6, 6.07) is 4.80. The van der Waals surface area contributed by atoms with E-state index in [4.69, 9.17) is 11.6 Å². The van der Waals surface area contributed by atoms with E-state index >= 15 is 0 Å². The molecule has 0 atom stereocenters. The van der Waals surface area contributed by atoms with Crippen LogP contribution in [0.25, 0.3) is 11.3 Å². The molecule has 0 radical (unpaired) electrons. The van der Waals surface area contributed by atoms with Crippen LogP contribution < -0.4 is 9.62 Å². The number of hydrogen-bond acceptors (Lipinski definition) is 5. The Labute approximate surface area is 153 Å². The lowest BCUT2D eigenvalue weighted by atomic mass is 10.0. The number of halogens is 1. The van der Waals surface area contributed by atoms with Crippen LogP contribution in [-0.4, -0.2) is 35.4 Å². The van der Waals surface area contributed by atoms with E-state index in [0.29, 0.717) is 11.1 Å². The molecule has 0 spiro atoms. The van der Waals surface area contributed by atoms with Crippen molar-refractivity contribution in [2.45, 2.75) is 32.7 Å². The molecule has 1 saturated heterocycles. The van der Waals surface area contributed by atoms with Gasteiger partial charge in [-0.05, 0) is 50.1 Å². The quantitative estimate of drug-likeness (QED) is 0.823. The zero-order valence-electron chi connectivity index (χ0n) is 14.3. The lowest BCUT2D eigenvalue weighted by molar-refractivity contribution is 0.477. The van der Waals surface area contributed by atoms with Gasteiger partial charge in [-0.2, -0.15) is 0 Å². The first-order valence-corrected chi connectivity index (χ1v) is 9.81. The monoisotopic (exact) mass is 362 g/mol. The molecule has 2 aromatic heterocycles. The summed E-state index contributed by atoms with van der Waals surface area (Å²) < 4.78 is 3.45. The minimum Gasteiger partial charge on any atom is -0.356 e. The second-order valence-electron chi connectivity index (χ2n) is 6.28. The van der Waals surface area contributed by atoms with Gasteiger partial charge in [-0.3, -0.25) is 9.71 Å². The predicted molar refractivity (Wildman–Crippen MR) is 104 cm³/mol. The average Bonchev–Trinajstić information content (AvgIpc) is 2.57. The highest BCUT2D eigenvalue weighted by Gasteiger charge is 2.21. The molecule has 4 nitrogen and oxygen atoms in total. The normalized spacial score (nSPS) is 15.8. The third-order valence-electron chi connectivity index (χ3n) is 4.41. The minimum atomic E-state index is 0.587. The van der Waals surface area contributed by atoms with Gasteiger partial charge in [0.05, 0.1) is 10.7 Å². The van der Waals surface area contributed by atoms with Crippen LogP contribution in [0.2, 0.25) is 5.02 Å². The summed E-state index contributed by atoms with van der Waals surface area (Å²) in [5, 5.41) is 0.650. The number of aryl methyl sites for hydroxylation is 2. The average molecular weight is 363 g/mol. The van der Waals surface area contributed by atoms with Crippen LogP contribution in [0.15, 0.2) is 24.5 Å². The molecule has 1 aliphatic rings. The topological polar surface area (TPSA) is 41.0 Å². The number of anilines is 1. The molecule has 1 aliphatic heterocycles. The van der Waals surface area contributed by atoms with Gasteiger partial charge in [0.2, 0.25) is 0 Å². The summed E-state index contributed by atoms with van der Waals surface area (Å²) in [6.07, 6.45) is 7.97. The van der Waals surface area contributed by atoms with Crippen molar-refractivity contribution in [3.63, 3.8) is 0 Å². The maximum Gasteiger partial charge on any atom is 0.129 e. The zero-order chi connectivity index (χ0) is 17.1. The van der Waals surface area contributed by atoms with Crippen LogP contribution >= 0.6 is 23.5 Å². The lowest BCUT2D eigenvalue weighted by Gasteiger charge is -2.33. The molecule has 0 bridgehead atoms. The van der Waals surface area contributed by atoms with E-state index in [9.17, 15) is 0 Å². The fourth-order valence-electron chi connectivity index (χ4n) is 3.17. The van der Waals surface area contributed by atoms with Gasteiger partial charge in [0.15, 0.2) is 0 Å². The van der Waals surface area contributed by atoms with Crippen molar-refractivity contribution in [1.82, 2.24) is 14.7 Å². The highest BCUT2D eigenvalue weighted by molar-refractivity contribution is 7.96. The molecule has 0 unspecified atom stereocenters. The Hall–Kier alpha value is -1.30.